The molecule has 1 nitrogen and oxygen atoms in total. The number of halogens is 1. The van der Waals surface area contributed by atoms with Crippen LogP contribution in [0.2, 0.25) is 0 Å². The number of nitrogens with zero attached hydrogens (tertiary/aromatic N) is 1. The summed E-state index contributed by atoms with van der Waals surface area (Å²) in [5.74, 6) is 2.61. The highest BCUT2D eigenvalue weighted by Crippen LogP contribution is 2.31. The second-order valence-electron chi connectivity index (χ2n) is 3.98. The molecule has 2 rings (SSSR count). The van der Waals surface area contributed by atoms with Crippen molar-refractivity contribution in [2.45, 2.75) is 6.92 Å². The van der Waals surface area contributed by atoms with Gasteiger partial charge in [-0.05, 0) is 36.8 Å². The third kappa shape index (κ3) is 2.20. The highest BCUT2D eigenvalue weighted by molar-refractivity contribution is 6.32. The largest absolute Gasteiger partial charge is 0.341 e. The number of rotatable bonds is 2. The molecular formula is C16H14ClN. The summed E-state index contributed by atoms with van der Waals surface area (Å²) in [5, 5.41) is 0.681. The number of benzene rings is 1. The molecule has 1 aromatic carbocycles. The summed E-state index contributed by atoms with van der Waals surface area (Å²) < 4.78 is 0. The molecule has 1 heterocycles. The van der Waals surface area contributed by atoms with E-state index in [4.69, 9.17) is 18.0 Å². The van der Waals surface area contributed by atoms with Crippen LogP contribution in [-0.4, -0.2) is 11.4 Å². The summed E-state index contributed by atoms with van der Waals surface area (Å²) in [5.41, 5.74) is 3.91. The number of likely N-dealkylation sites (N-methyl/N-ethyl adjacent to an activating group) is 1. The van der Waals surface area contributed by atoms with Gasteiger partial charge in [0.25, 0.3) is 0 Å². The SMILES string of the molecule is C#Cc1ccc(C2=CC=C(Cl)C(=C)N2CC)cc1. The van der Waals surface area contributed by atoms with Crippen LogP contribution in [0.15, 0.2) is 53.7 Å². The minimum atomic E-state index is 0.681. The van der Waals surface area contributed by atoms with E-state index in [2.05, 4.69) is 24.3 Å². The lowest BCUT2D eigenvalue weighted by Gasteiger charge is -2.30. The fourth-order valence-corrected chi connectivity index (χ4v) is 2.13. The number of hydrogen-bond donors (Lipinski definition) is 0. The van der Waals surface area contributed by atoms with Gasteiger partial charge in [-0.15, -0.1) is 6.42 Å². The zero-order valence-electron chi connectivity index (χ0n) is 10.3. The van der Waals surface area contributed by atoms with Crippen molar-refractivity contribution in [3.05, 3.63) is 64.9 Å². The van der Waals surface area contributed by atoms with Crippen LogP contribution < -0.4 is 0 Å². The van der Waals surface area contributed by atoms with E-state index in [1.165, 1.54) is 0 Å². The van der Waals surface area contributed by atoms with Gasteiger partial charge in [-0.25, -0.2) is 0 Å². The Morgan fingerprint density at radius 2 is 1.94 bits per heavy atom. The van der Waals surface area contributed by atoms with Gasteiger partial charge < -0.3 is 4.90 Å². The van der Waals surface area contributed by atoms with Gasteiger partial charge in [0.15, 0.2) is 0 Å². The average Bonchev–Trinajstić information content (AvgIpc) is 2.42. The Bertz CT molecular complexity index is 570. The first-order valence-electron chi connectivity index (χ1n) is 5.78. The van der Waals surface area contributed by atoms with Crippen LogP contribution in [0, 0.1) is 12.3 Å². The molecular weight excluding hydrogens is 242 g/mol. The van der Waals surface area contributed by atoms with Gasteiger partial charge in [-0.1, -0.05) is 36.2 Å². The Morgan fingerprint density at radius 1 is 1.28 bits per heavy atom. The molecule has 0 amide bonds. The van der Waals surface area contributed by atoms with Crippen LogP contribution in [0.1, 0.15) is 18.1 Å². The summed E-state index contributed by atoms with van der Waals surface area (Å²) >= 11 is 6.09. The Morgan fingerprint density at radius 3 is 2.50 bits per heavy atom. The fourth-order valence-electron chi connectivity index (χ4n) is 1.96. The second-order valence-corrected chi connectivity index (χ2v) is 4.39. The monoisotopic (exact) mass is 255 g/mol. The second kappa shape index (κ2) is 5.16. The first-order chi connectivity index (χ1) is 8.67. The van der Waals surface area contributed by atoms with E-state index in [-0.39, 0.29) is 0 Å². The van der Waals surface area contributed by atoms with Crippen molar-refractivity contribution < 1.29 is 0 Å². The molecule has 1 aromatic rings. The molecule has 0 unspecified atom stereocenters. The minimum absolute atomic E-state index is 0.681. The molecule has 0 aliphatic carbocycles. The summed E-state index contributed by atoms with van der Waals surface area (Å²) in [4.78, 5) is 2.09. The summed E-state index contributed by atoms with van der Waals surface area (Å²) in [6.07, 6.45) is 9.24. The van der Waals surface area contributed by atoms with E-state index in [1.807, 2.05) is 36.4 Å². The standard InChI is InChI=1S/C16H14ClN/c1-4-13-6-8-14(9-7-13)16-11-10-15(17)12(3)18(16)5-2/h1,6-11H,3,5H2,2H3. The molecule has 0 N–H and O–H groups in total. The highest BCUT2D eigenvalue weighted by atomic mass is 35.5. The molecule has 0 aromatic heterocycles. The van der Waals surface area contributed by atoms with Crippen molar-refractivity contribution >= 4 is 17.3 Å². The lowest BCUT2D eigenvalue weighted by molar-refractivity contribution is 0.528. The maximum absolute atomic E-state index is 6.09. The first-order valence-corrected chi connectivity index (χ1v) is 6.16. The van der Waals surface area contributed by atoms with E-state index in [0.717, 1.165) is 29.1 Å². The smallest absolute Gasteiger partial charge is 0.0637 e. The molecule has 0 bridgehead atoms. The molecule has 0 spiro atoms. The van der Waals surface area contributed by atoms with E-state index in [1.54, 1.807) is 0 Å². The van der Waals surface area contributed by atoms with Gasteiger partial charge in [-0.3, -0.25) is 0 Å². The molecule has 0 radical (unpaired) electrons. The Labute approximate surface area is 113 Å². The maximum Gasteiger partial charge on any atom is 0.0637 e. The van der Waals surface area contributed by atoms with Crippen molar-refractivity contribution in [3.63, 3.8) is 0 Å². The van der Waals surface area contributed by atoms with Crippen LogP contribution in [0.25, 0.3) is 5.70 Å². The van der Waals surface area contributed by atoms with Crippen LogP contribution in [-0.2, 0) is 0 Å². The minimum Gasteiger partial charge on any atom is -0.341 e. The molecule has 0 saturated heterocycles. The van der Waals surface area contributed by atoms with Crippen LogP contribution in [0.4, 0.5) is 0 Å². The summed E-state index contributed by atoms with van der Waals surface area (Å²) in [6, 6.07) is 7.91. The van der Waals surface area contributed by atoms with Crippen LogP contribution in [0.3, 0.4) is 0 Å². The zero-order valence-corrected chi connectivity index (χ0v) is 11.0. The van der Waals surface area contributed by atoms with Crippen LogP contribution >= 0.6 is 11.6 Å². The van der Waals surface area contributed by atoms with Crippen LogP contribution in [0.5, 0.6) is 0 Å². The summed E-state index contributed by atoms with van der Waals surface area (Å²) in [7, 11) is 0. The van der Waals surface area contributed by atoms with E-state index >= 15 is 0 Å². The molecule has 0 fully saturated rings. The molecule has 0 saturated carbocycles. The van der Waals surface area contributed by atoms with Gasteiger partial charge in [0.2, 0.25) is 0 Å². The Balaban J connectivity index is 2.42. The number of terminal acetylenes is 1. The van der Waals surface area contributed by atoms with Crippen molar-refractivity contribution in [2.24, 2.45) is 0 Å². The lowest BCUT2D eigenvalue weighted by Crippen LogP contribution is -2.22. The molecule has 90 valence electrons. The van der Waals surface area contributed by atoms with Gasteiger partial charge >= 0.3 is 0 Å². The van der Waals surface area contributed by atoms with Crippen molar-refractivity contribution in [2.75, 3.05) is 6.54 Å². The van der Waals surface area contributed by atoms with E-state index < -0.39 is 0 Å². The van der Waals surface area contributed by atoms with Gasteiger partial charge in [0.1, 0.15) is 0 Å². The molecule has 0 atom stereocenters. The predicted molar refractivity (Wildman–Crippen MR) is 77.8 cm³/mol. The highest BCUT2D eigenvalue weighted by Gasteiger charge is 2.18. The van der Waals surface area contributed by atoms with Gasteiger partial charge in [0, 0.05) is 17.8 Å². The topological polar surface area (TPSA) is 3.24 Å². The lowest BCUT2D eigenvalue weighted by atomic mass is 10.1. The third-order valence-corrected chi connectivity index (χ3v) is 3.29. The summed E-state index contributed by atoms with van der Waals surface area (Å²) in [6.45, 7) is 6.91. The third-order valence-electron chi connectivity index (χ3n) is 2.94. The molecule has 1 aliphatic rings. The molecule has 1 aliphatic heterocycles. The van der Waals surface area contributed by atoms with Crippen molar-refractivity contribution in [3.8, 4) is 12.3 Å². The van der Waals surface area contributed by atoms with Crippen molar-refractivity contribution in [1.82, 2.24) is 4.90 Å². The van der Waals surface area contributed by atoms with E-state index in [9.17, 15) is 0 Å². The number of allylic oxidation sites excluding steroid dienone is 3. The van der Waals surface area contributed by atoms with E-state index in [0.29, 0.717) is 5.03 Å². The predicted octanol–water partition coefficient (Wildman–Crippen LogP) is 3.98. The van der Waals surface area contributed by atoms with Gasteiger partial charge in [-0.2, -0.15) is 0 Å². The Kier molecular flexibility index (Phi) is 3.60. The Hall–Kier alpha value is -1.91. The molecule has 2 heteroatoms. The fraction of sp³-hybridized carbons (Fsp3) is 0.125. The zero-order chi connectivity index (χ0) is 13.1. The quantitative estimate of drug-likeness (QED) is 0.723. The number of hydrogen-bond acceptors (Lipinski definition) is 1. The first kappa shape index (κ1) is 12.5. The normalized spacial score (nSPS) is 14.9. The van der Waals surface area contributed by atoms with Gasteiger partial charge in [0.05, 0.1) is 10.7 Å². The maximum atomic E-state index is 6.09. The van der Waals surface area contributed by atoms with Crippen molar-refractivity contribution in [1.29, 1.82) is 0 Å². The average molecular weight is 256 g/mol. The molecule has 18 heavy (non-hydrogen) atoms.